The molecular weight excluding hydrogens is 196 g/mol. The first-order valence-electron chi connectivity index (χ1n) is 3.74. The van der Waals surface area contributed by atoms with Crippen molar-refractivity contribution in [1.82, 2.24) is 0 Å². The van der Waals surface area contributed by atoms with Crippen molar-refractivity contribution < 1.29 is 19.8 Å². The van der Waals surface area contributed by atoms with Gasteiger partial charge in [-0.1, -0.05) is 27.7 Å². The minimum Gasteiger partial charge on any atom is -0.481 e. The first-order valence-corrected chi connectivity index (χ1v) is 3.74. The van der Waals surface area contributed by atoms with Crippen LogP contribution in [0.1, 0.15) is 27.7 Å². The molecule has 13 heavy (non-hydrogen) atoms. The minimum absolute atomic E-state index is 0. The van der Waals surface area contributed by atoms with Gasteiger partial charge in [0.05, 0.1) is 11.8 Å². The lowest BCUT2D eigenvalue weighted by atomic mass is 10.2. The van der Waals surface area contributed by atoms with Crippen molar-refractivity contribution in [2.75, 3.05) is 0 Å². The lowest BCUT2D eigenvalue weighted by Crippen LogP contribution is -2.03. The van der Waals surface area contributed by atoms with Crippen LogP contribution in [0.3, 0.4) is 0 Å². The Balaban J connectivity index is -0.000000143. The Hall–Kier alpha value is -0.770. The molecule has 5 heteroatoms. The molecule has 0 amide bonds. The van der Waals surface area contributed by atoms with E-state index in [1.165, 1.54) is 0 Å². The van der Waals surface area contributed by atoms with Crippen LogP contribution in [0.5, 0.6) is 0 Å². The zero-order chi connectivity index (χ0) is 10.3. The summed E-state index contributed by atoms with van der Waals surface area (Å²) in [6.45, 7) is 6.56. The summed E-state index contributed by atoms with van der Waals surface area (Å²) in [7, 11) is 0. The highest BCUT2D eigenvalue weighted by atomic mass is 35.5. The summed E-state index contributed by atoms with van der Waals surface area (Å²) in [5.74, 6) is -1.94. The molecule has 0 heterocycles. The average molecular weight is 213 g/mol. The highest BCUT2D eigenvalue weighted by Crippen LogP contribution is 1.87. The van der Waals surface area contributed by atoms with Crippen molar-refractivity contribution in [2.45, 2.75) is 27.7 Å². The lowest BCUT2D eigenvalue weighted by molar-refractivity contribution is -0.141. The molecule has 0 atom stereocenters. The summed E-state index contributed by atoms with van der Waals surface area (Å²) < 4.78 is 0. The van der Waals surface area contributed by atoms with Gasteiger partial charge in [0.1, 0.15) is 0 Å². The van der Waals surface area contributed by atoms with Crippen LogP contribution in [-0.4, -0.2) is 22.2 Å². The maximum absolute atomic E-state index is 9.70. The number of carbonyl (C=O) groups is 2. The van der Waals surface area contributed by atoms with Crippen LogP contribution in [0.2, 0.25) is 0 Å². The van der Waals surface area contributed by atoms with Crippen molar-refractivity contribution in [3.8, 4) is 0 Å². The van der Waals surface area contributed by atoms with Gasteiger partial charge in [-0.25, -0.2) is 0 Å². The monoisotopic (exact) mass is 212 g/mol. The van der Waals surface area contributed by atoms with E-state index in [4.69, 9.17) is 10.2 Å². The molecule has 0 saturated carbocycles. The SMILES string of the molecule is CC(C)C(=O)O.CC(C)C(=O)O.Cl. The molecule has 4 nitrogen and oxygen atoms in total. The quantitative estimate of drug-likeness (QED) is 0.733. The van der Waals surface area contributed by atoms with Gasteiger partial charge in [0.15, 0.2) is 0 Å². The highest BCUT2D eigenvalue weighted by Gasteiger charge is 1.99. The standard InChI is InChI=1S/2C4H8O2.ClH/c2*1-3(2)4(5)6;/h2*3H,1-2H3,(H,5,6);1H. The van der Waals surface area contributed by atoms with Crippen LogP contribution in [0.4, 0.5) is 0 Å². The van der Waals surface area contributed by atoms with Gasteiger partial charge in [0.2, 0.25) is 0 Å². The van der Waals surface area contributed by atoms with E-state index < -0.39 is 11.9 Å². The van der Waals surface area contributed by atoms with Crippen LogP contribution >= 0.6 is 12.4 Å². The first kappa shape index (κ1) is 18.1. The number of carboxylic acid groups (broad SMARTS) is 2. The van der Waals surface area contributed by atoms with E-state index in [2.05, 4.69) is 0 Å². The number of rotatable bonds is 2. The molecule has 0 aromatic heterocycles. The predicted octanol–water partition coefficient (Wildman–Crippen LogP) is 1.88. The number of halogens is 1. The fourth-order valence-corrected chi connectivity index (χ4v) is 0. The third kappa shape index (κ3) is 18.3. The van der Waals surface area contributed by atoms with Gasteiger partial charge >= 0.3 is 11.9 Å². The van der Waals surface area contributed by atoms with Gasteiger partial charge in [-0.05, 0) is 0 Å². The van der Waals surface area contributed by atoms with Gasteiger partial charge in [0.25, 0.3) is 0 Å². The van der Waals surface area contributed by atoms with Gasteiger partial charge in [-0.15, -0.1) is 12.4 Å². The van der Waals surface area contributed by atoms with E-state index in [0.29, 0.717) is 0 Å². The Morgan fingerprint density at radius 1 is 0.846 bits per heavy atom. The van der Waals surface area contributed by atoms with Crippen LogP contribution < -0.4 is 0 Å². The number of hydrogen-bond acceptors (Lipinski definition) is 2. The van der Waals surface area contributed by atoms with Crippen molar-refractivity contribution in [2.24, 2.45) is 11.8 Å². The molecule has 0 fully saturated rings. The Bertz CT molecular complexity index is 136. The maximum Gasteiger partial charge on any atom is 0.305 e. The van der Waals surface area contributed by atoms with Crippen LogP contribution in [-0.2, 0) is 9.59 Å². The van der Waals surface area contributed by atoms with E-state index >= 15 is 0 Å². The molecule has 0 unspecified atom stereocenters. The fourth-order valence-electron chi connectivity index (χ4n) is 0. The summed E-state index contributed by atoms with van der Waals surface area (Å²) in [6, 6.07) is 0. The second-order valence-corrected chi connectivity index (χ2v) is 2.99. The number of aliphatic carboxylic acids is 2. The maximum atomic E-state index is 9.70. The highest BCUT2D eigenvalue weighted by molar-refractivity contribution is 5.85. The summed E-state index contributed by atoms with van der Waals surface area (Å²) in [4.78, 5) is 19.4. The molecule has 0 bridgehead atoms. The largest absolute Gasteiger partial charge is 0.481 e. The molecule has 0 aliphatic carbocycles. The summed E-state index contributed by atoms with van der Waals surface area (Å²) in [6.07, 6.45) is 0. The summed E-state index contributed by atoms with van der Waals surface area (Å²) in [5.41, 5.74) is 0. The molecule has 0 rings (SSSR count). The van der Waals surface area contributed by atoms with E-state index in [1.807, 2.05) is 0 Å². The molecule has 0 aromatic rings. The topological polar surface area (TPSA) is 74.6 Å². The molecule has 0 saturated heterocycles. The van der Waals surface area contributed by atoms with E-state index in [1.54, 1.807) is 27.7 Å². The van der Waals surface area contributed by atoms with Gasteiger partial charge in [0, 0.05) is 0 Å². The van der Waals surface area contributed by atoms with Gasteiger partial charge < -0.3 is 10.2 Å². The van der Waals surface area contributed by atoms with E-state index in [9.17, 15) is 9.59 Å². The van der Waals surface area contributed by atoms with Crippen LogP contribution in [0, 0.1) is 11.8 Å². The van der Waals surface area contributed by atoms with Gasteiger partial charge in [-0.2, -0.15) is 0 Å². The Labute approximate surface area is 84.4 Å². The molecule has 80 valence electrons. The molecule has 2 N–H and O–H groups in total. The molecule has 0 spiro atoms. The Kier molecular flexibility index (Phi) is 13.0. The first-order chi connectivity index (χ1) is 5.29. The zero-order valence-electron chi connectivity index (χ0n) is 8.27. The third-order valence-corrected chi connectivity index (χ3v) is 0.988. The third-order valence-electron chi connectivity index (χ3n) is 0.988. The molecule has 0 aromatic carbocycles. The molecule has 0 radical (unpaired) electrons. The fraction of sp³-hybridized carbons (Fsp3) is 0.750. The summed E-state index contributed by atoms with van der Waals surface area (Å²) >= 11 is 0. The lowest BCUT2D eigenvalue weighted by Gasteiger charge is -1.89. The Morgan fingerprint density at radius 3 is 0.923 bits per heavy atom. The van der Waals surface area contributed by atoms with Crippen molar-refractivity contribution in [3.63, 3.8) is 0 Å². The molecule has 0 aliphatic rings. The predicted molar refractivity (Wildman–Crippen MR) is 52.2 cm³/mol. The van der Waals surface area contributed by atoms with Crippen molar-refractivity contribution in [3.05, 3.63) is 0 Å². The second kappa shape index (κ2) is 9.32. The molecular formula is C8H17ClO4. The molecule has 0 aliphatic heterocycles. The minimum atomic E-state index is -0.741. The van der Waals surface area contributed by atoms with Crippen molar-refractivity contribution >= 4 is 24.3 Å². The Morgan fingerprint density at radius 2 is 0.923 bits per heavy atom. The smallest absolute Gasteiger partial charge is 0.305 e. The zero-order valence-corrected chi connectivity index (χ0v) is 9.09. The summed E-state index contributed by atoms with van der Waals surface area (Å²) in [5, 5.41) is 16.0. The number of carboxylic acids is 2. The van der Waals surface area contributed by atoms with E-state index in [-0.39, 0.29) is 24.2 Å². The van der Waals surface area contributed by atoms with Crippen LogP contribution in [0.15, 0.2) is 0 Å². The number of hydrogen-bond donors (Lipinski definition) is 2. The van der Waals surface area contributed by atoms with Gasteiger partial charge in [-0.3, -0.25) is 9.59 Å². The van der Waals surface area contributed by atoms with Crippen LogP contribution in [0.25, 0.3) is 0 Å². The second-order valence-electron chi connectivity index (χ2n) is 2.99. The average Bonchev–Trinajstić information content (AvgIpc) is 1.88. The van der Waals surface area contributed by atoms with Crippen molar-refractivity contribution in [1.29, 1.82) is 0 Å². The normalized spacial score (nSPS) is 8.46. The van der Waals surface area contributed by atoms with E-state index in [0.717, 1.165) is 0 Å².